The third-order valence-electron chi connectivity index (χ3n) is 2.49. The molecule has 0 amide bonds. The minimum Gasteiger partial charge on any atom is -0.481 e. The molecular weight excluding hydrogens is 220 g/mol. The van der Waals surface area contributed by atoms with Crippen LogP contribution in [0.3, 0.4) is 0 Å². The Balaban J connectivity index is 0.00000225. The van der Waals surface area contributed by atoms with Crippen LogP contribution in [0.25, 0.3) is 0 Å². The monoisotopic (exact) mass is 240 g/mol. The first-order chi connectivity index (χ1) is 7.00. The predicted octanol–water partition coefficient (Wildman–Crippen LogP) is 3.19. The minimum absolute atomic E-state index is 0. The normalized spacial score (nSPS) is 12.0. The van der Waals surface area contributed by atoms with Gasteiger partial charge in [0.25, 0.3) is 0 Å². The molecule has 1 aromatic carbocycles. The SMILES string of the molecule is CC(C)Cc1ccc(C(C)C(=O)O)cc1.S. The minimum atomic E-state index is -0.772. The van der Waals surface area contributed by atoms with E-state index in [1.807, 2.05) is 24.3 Å². The Morgan fingerprint density at radius 2 is 1.69 bits per heavy atom. The van der Waals surface area contributed by atoms with Crippen LogP contribution in [-0.4, -0.2) is 11.1 Å². The highest BCUT2D eigenvalue weighted by Gasteiger charge is 2.12. The maximum Gasteiger partial charge on any atom is 0.310 e. The van der Waals surface area contributed by atoms with Crippen molar-refractivity contribution in [3.8, 4) is 0 Å². The van der Waals surface area contributed by atoms with Crippen molar-refractivity contribution in [2.75, 3.05) is 0 Å². The van der Waals surface area contributed by atoms with Crippen molar-refractivity contribution >= 4 is 19.5 Å². The van der Waals surface area contributed by atoms with Crippen LogP contribution in [0, 0.1) is 5.92 Å². The van der Waals surface area contributed by atoms with Gasteiger partial charge in [-0.25, -0.2) is 0 Å². The Bertz CT molecular complexity index is 330. The van der Waals surface area contributed by atoms with Crippen molar-refractivity contribution in [1.82, 2.24) is 0 Å². The number of benzene rings is 1. The molecular formula is C13H20O2S. The molecule has 0 spiro atoms. The van der Waals surface area contributed by atoms with Gasteiger partial charge in [-0.15, -0.1) is 0 Å². The first-order valence-electron chi connectivity index (χ1n) is 5.32. The molecule has 1 aromatic rings. The summed E-state index contributed by atoms with van der Waals surface area (Å²) in [5.74, 6) is -0.558. The molecule has 0 aliphatic rings. The van der Waals surface area contributed by atoms with Crippen molar-refractivity contribution in [3.63, 3.8) is 0 Å². The molecule has 0 fully saturated rings. The molecule has 16 heavy (non-hydrogen) atoms. The summed E-state index contributed by atoms with van der Waals surface area (Å²) in [6.07, 6.45) is 1.04. The maximum atomic E-state index is 10.8. The lowest BCUT2D eigenvalue weighted by atomic mass is 9.97. The number of aliphatic carboxylic acids is 1. The van der Waals surface area contributed by atoms with Crippen LogP contribution < -0.4 is 0 Å². The van der Waals surface area contributed by atoms with Gasteiger partial charge >= 0.3 is 5.97 Å². The zero-order valence-electron chi connectivity index (χ0n) is 10.0. The van der Waals surface area contributed by atoms with Gasteiger partial charge in [0.05, 0.1) is 5.92 Å². The lowest BCUT2D eigenvalue weighted by Crippen LogP contribution is -2.07. The molecule has 2 nitrogen and oxygen atoms in total. The first-order valence-corrected chi connectivity index (χ1v) is 5.32. The molecule has 0 saturated heterocycles. The molecule has 0 bridgehead atoms. The number of hydrogen-bond donors (Lipinski definition) is 1. The van der Waals surface area contributed by atoms with Crippen molar-refractivity contribution in [2.45, 2.75) is 33.1 Å². The summed E-state index contributed by atoms with van der Waals surface area (Å²) in [5.41, 5.74) is 2.14. The summed E-state index contributed by atoms with van der Waals surface area (Å²) in [7, 11) is 0. The van der Waals surface area contributed by atoms with E-state index in [-0.39, 0.29) is 13.5 Å². The Morgan fingerprint density at radius 1 is 1.19 bits per heavy atom. The Hall–Kier alpha value is -0.960. The molecule has 0 saturated carbocycles. The van der Waals surface area contributed by atoms with E-state index in [1.54, 1.807) is 6.92 Å². The molecule has 0 aliphatic carbocycles. The van der Waals surface area contributed by atoms with Gasteiger partial charge in [0.15, 0.2) is 0 Å². The number of carbonyl (C=O) groups is 1. The van der Waals surface area contributed by atoms with Gasteiger partial charge in [-0.2, -0.15) is 13.5 Å². The summed E-state index contributed by atoms with van der Waals surface area (Å²) in [6, 6.07) is 7.87. The molecule has 1 N–H and O–H groups in total. The van der Waals surface area contributed by atoms with Crippen molar-refractivity contribution in [3.05, 3.63) is 35.4 Å². The molecule has 0 aliphatic heterocycles. The van der Waals surface area contributed by atoms with Gasteiger partial charge in [0, 0.05) is 0 Å². The van der Waals surface area contributed by atoms with Crippen LogP contribution in [-0.2, 0) is 11.2 Å². The smallest absolute Gasteiger partial charge is 0.310 e. The van der Waals surface area contributed by atoms with Crippen molar-refractivity contribution < 1.29 is 9.90 Å². The fraction of sp³-hybridized carbons (Fsp3) is 0.462. The Morgan fingerprint density at radius 3 is 2.06 bits per heavy atom. The molecule has 0 radical (unpaired) electrons. The van der Waals surface area contributed by atoms with E-state index < -0.39 is 11.9 Å². The lowest BCUT2D eigenvalue weighted by Gasteiger charge is -2.09. The van der Waals surface area contributed by atoms with Gasteiger partial charge in [-0.1, -0.05) is 38.1 Å². The van der Waals surface area contributed by atoms with Gasteiger partial charge in [-0.05, 0) is 30.4 Å². The molecule has 1 unspecified atom stereocenters. The quantitative estimate of drug-likeness (QED) is 0.877. The second kappa shape index (κ2) is 6.59. The first kappa shape index (κ1) is 15.0. The number of hydrogen-bond acceptors (Lipinski definition) is 1. The second-order valence-electron chi connectivity index (χ2n) is 4.40. The van der Waals surface area contributed by atoms with Crippen LogP contribution in [0.5, 0.6) is 0 Å². The van der Waals surface area contributed by atoms with E-state index in [1.165, 1.54) is 5.56 Å². The molecule has 0 aromatic heterocycles. The number of carboxylic acid groups (broad SMARTS) is 1. The third kappa shape index (κ3) is 4.27. The Labute approximate surface area is 104 Å². The summed E-state index contributed by atoms with van der Waals surface area (Å²) in [6.45, 7) is 6.06. The fourth-order valence-corrected chi connectivity index (χ4v) is 1.56. The van der Waals surface area contributed by atoms with E-state index in [4.69, 9.17) is 5.11 Å². The van der Waals surface area contributed by atoms with Crippen LogP contribution >= 0.6 is 13.5 Å². The average molecular weight is 240 g/mol. The summed E-state index contributed by atoms with van der Waals surface area (Å²) >= 11 is 0. The van der Waals surface area contributed by atoms with E-state index in [2.05, 4.69) is 13.8 Å². The van der Waals surface area contributed by atoms with E-state index in [0.29, 0.717) is 5.92 Å². The molecule has 3 heteroatoms. The largest absolute Gasteiger partial charge is 0.481 e. The van der Waals surface area contributed by atoms with Crippen molar-refractivity contribution in [1.29, 1.82) is 0 Å². The molecule has 0 heterocycles. The van der Waals surface area contributed by atoms with E-state index in [0.717, 1.165) is 12.0 Å². The zero-order valence-corrected chi connectivity index (χ0v) is 11.0. The lowest BCUT2D eigenvalue weighted by molar-refractivity contribution is -0.138. The Kier molecular flexibility index (Phi) is 6.19. The standard InChI is InChI=1S/C13H18O2.H2S/c1-9(2)8-11-4-6-12(7-5-11)10(3)13(14)15;/h4-7,9-10H,8H2,1-3H3,(H,14,15);1H2. The van der Waals surface area contributed by atoms with Crippen LogP contribution in [0.15, 0.2) is 24.3 Å². The summed E-state index contributed by atoms with van der Waals surface area (Å²) in [4.78, 5) is 10.8. The molecule has 90 valence electrons. The van der Waals surface area contributed by atoms with Gasteiger partial charge < -0.3 is 5.11 Å². The number of rotatable bonds is 4. The summed E-state index contributed by atoms with van der Waals surface area (Å²) < 4.78 is 0. The fourth-order valence-electron chi connectivity index (χ4n) is 1.56. The third-order valence-corrected chi connectivity index (χ3v) is 2.49. The average Bonchev–Trinajstić information content (AvgIpc) is 2.17. The van der Waals surface area contributed by atoms with Gasteiger partial charge in [0.2, 0.25) is 0 Å². The predicted molar refractivity (Wildman–Crippen MR) is 71.4 cm³/mol. The highest BCUT2D eigenvalue weighted by Crippen LogP contribution is 2.17. The second-order valence-corrected chi connectivity index (χ2v) is 4.40. The maximum absolute atomic E-state index is 10.8. The highest BCUT2D eigenvalue weighted by molar-refractivity contribution is 7.59. The van der Waals surface area contributed by atoms with Gasteiger partial charge in [-0.3, -0.25) is 4.79 Å². The van der Waals surface area contributed by atoms with Crippen LogP contribution in [0.1, 0.15) is 37.8 Å². The topological polar surface area (TPSA) is 37.3 Å². The molecule has 1 atom stereocenters. The van der Waals surface area contributed by atoms with Crippen LogP contribution in [0.2, 0.25) is 0 Å². The van der Waals surface area contributed by atoms with Crippen molar-refractivity contribution in [2.24, 2.45) is 5.92 Å². The van der Waals surface area contributed by atoms with Gasteiger partial charge in [0.1, 0.15) is 0 Å². The van der Waals surface area contributed by atoms with E-state index in [9.17, 15) is 4.79 Å². The summed E-state index contributed by atoms with van der Waals surface area (Å²) in [5, 5.41) is 8.85. The van der Waals surface area contributed by atoms with Crippen LogP contribution in [0.4, 0.5) is 0 Å². The molecule has 1 rings (SSSR count). The van der Waals surface area contributed by atoms with E-state index >= 15 is 0 Å². The highest BCUT2D eigenvalue weighted by atomic mass is 32.1. The number of carboxylic acids is 1. The zero-order chi connectivity index (χ0) is 11.4.